The number of aryl methyl sites for hydroxylation is 1. The molecule has 3 aromatic heterocycles. The van der Waals surface area contributed by atoms with Gasteiger partial charge in [0.05, 0.1) is 6.04 Å². The number of imidazole rings is 1. The van der Waals surface area contributed by atoms with Gasteiger partial charge in [0.1, 0.15) is 17.7 Å². The fraction of sp³-hybridized carbons (Fsp3) is 0.467. The molecular weight excluding hydrogens is 351 g/mol. The first kappa shape index (κ1) is 16.8. The largest absolute Gasteiger partial charge is 0.453 e. The minimum Gasteiger partial charge on any atom is -0.368 e. The first-order valence-electron chi connectivity index (χ1n) is 8.08. The van der Waals surface area contributed by atoms with Gasteiger partial charge in [0.2, 0.25) is 0 Å². The van der Waals surface area contributed by atoms with Crippen LogP contribution in [0.2, 0.25) is 0 Å². The molecule has 0 aliphatic carbocycles. The van der Waals surface area contributed by atoms with Crippen molar-refractivity contribution in [3.63, 3.8) is 0 Å². The Hall–Kier alpha value is -2.69. The fourth-order valence-corrected chi connectivity index (χ4v) is 3.07. The molecule has 4 heterocycles. The van der Waals surface area contributed by atoms with Crippen LogP contribution in [0.5, 0.6) is 0 Å². The maximum absolute atomic E-state index is 13.0. The van der Waals surface area contributed by atoms with Gasteiger partial charge in [0.15, 0.2) is 5.65 Å². The molecule has 0 saturated carbocycles. The molecule has 1 aliphatic rings. The van der Waals surface area contributed by atoms with Gasteiger partial charge < -0.3 is 14.6 Å². The van der Waals surface area contributed by atoms with E-state index < -0.39 is 12.0 Å². The van der Waals surface area contributed by atoms with Crippen molar-refractivity contribution in [1.82, 2.24) is 29.4 Å². The third kappa shape index (κ3) is 2.98. The van der Waals surface area contributed by atoms with E-state index in [1.54, 1.807) is 12.3 Å². The van der Waals surface area contributed by atoms with Gasteiger partial charge in [0, 0.05) is 26.0 Å². The van der Waals surface area contributed by atoms with E-state index in [1.165, 1.54) is 6.07 Å². The van der Waals surface area contributed by atoms with E-state index in [-0.39, 0.29) is 23.6 Å². The highest BCUT2D eigenvalue weighted by Crippen LogP contribution is 2.30. The van der Waals surface area contributed by atoms with Gasteiger partial charge in [-0.3, -0.25) is 0 Å². The number of rotatable bonds is 3. The summed E-state index contributed by atoms with van der Waals surface area (Å²) in [4.78, 5) is 4.32. The zero-order chi connectivity index (χ0) is 18.3. The number of ether oxygens (including phenoxy) is 1. The molecule has 138 valence electrons. The zero-order valence-corrected chi connectivity index (χ0v) is 13.8. The number of nitrogens with one attached hydrogen (secondary N) is 1. The van der Waals surface area contributed by atoms with E-state index in [0.717, 1.165) is 18.7 Å². The van der Waals surface area contributed by atoms with Gasteiger partial charge in [0.25, 0.3) is 5.82 Å². The maximum Gasteiger partial charge on any atom is 0.453 e. The topological polar surface area (TPSA) is 82.2 Å². The SMILES string of the molecule is Cn1ccnc1[C@H]1OCCC[C@@H]1Nc1ccc2nnc(C(F)(F)F)n2n1. The van der Waals surface area contributed by atoms with Crippen LogP contribution in [0.1, 0.15) is 30.6 Å². The molecule has 0 radical (unpaired) electrons. The molecule has 4 rings (SSSR count). The van der Waals surface area contributed by atoms with E-state index in [0.29, 0.717) is 11.1 Å². The Morgan fingerprint density at radius 3 is 2.85 bits per heavy atom. The highest BCUT2D eigenvalue weighted by molar-refractivity contribution is 5.45. The van der Waals surface area contributed by atoms with Gasteiger partial charge in [-0.1, -0.05) is 0 Å². The van der Waals surface area contributed by atoms with Crippen LogP contribution in [0.25, 0.3) is 5.65 Å². The Balaban J connectivity index is 1.64. The summed E-state index contributed by atoms with van der Waals surface area (Å²) in [6.07, 6.45) is 0.175. The number of anilines is 1. The molecule has 0 bridgehead atoms. The Morgan fingerprint density at radius 2 is 2.12 bits per heavy atom. The number of hydrogen-bond donors (Lipinski definition) is 1. The monoisotopic (exact) mass is 367 g/mol. The summed E-state index contributed by atoms with van der Waals surface area (Å²) in [5.74, 6) is -0.113. The van der Waals surface area contributed by atoms with Crippen LogP contribution in [0.15, 0.2) is 24.5 Å². The highest BCUT2D eigenvalue weighted by atomic mass is 19.4. The van der Waals surface area contributed by atoms with Crippen molar-refractivity contribution in [1.29, 1.82) is 0 Å². The zero-order valence-electron chi connectivity index (χ0n) is 13.8. The van der Waals surface area contributed by atoms with Crippen LogP contribution in [-0.2, 0) is 18.0 Å². The second kappa shape index (κ2) is 6.24. The average molecular weight is 367 g/mol. The highest BCUT2D eigenvalue weighted by Gasteiger charge is 2.38. The summed E-state index contributed by atoms with van der Waals surface area (Å²) >= 11 is 0. The first-order valence-corrected chi connectivity index (χ1v) is 8.08. The number of halogens is 3. The lowest BCUT2D eigenvalue weighted by atomic mass is 10.0. The summed E-state index contributed by atoms with van der Waals surface area (Å²) in [6, 6.07) is 2.85. The molecule has 1 N–H and O–H groups in total. The molecule has 1 saturated heterocycles. The van der Waals surface area contributed by atoms with E-state index >= 15 is 0 Å². The van der Waals surface area contributed by atoms with E-state index in [2.05, 4.69) is 25.6 Å². The van der Waals surface area contributed by atoms with Gasteiger partial charge in [-0.15, -0.1) is 15.3 Å². The van der Waals surface area contributed by atoms with Crippen molar-refractivity contribution in [3.05, 3.63) is 36.2 Å². The second-order valence-corrected chi connectivity index (χ2v) is 6.09. The predicted molar refractivity (Wildman–Crippen MR) is 84.3 cm³/mol. The van der Waals surface area contributed by atoms with Crippen molar-refractivity contribution in [2.24, 2.45) is 7.05 Å². The molecule has 1 fully saturated rings. The van der Waals surface area contributed by atoms with E-state index in [9.17, 15) is 13.2 Å². The summed E-state index contributed by atoms with van der Waals surface area (Å²) < 4.78 is 47.5. The van der Waals surface area contributed by atoms with Crippen molar-refractivity contribution >= 4 is 11.5 Å². The molecule has 3 aromatic rings. The number of alkyl halides is 3. The van der Waals surface area contributed by atoms with Gasteiger partial charge in [-0.2, -0.15) is 17.7 Å². The molecule has 26 heavy (non-hydrogen) atoms. The molecule has 2 atom stereocenters. The minimum absolute atomic E-state index is 0.0309. The molecular formula is C15H16F3N7O. The molecule has 8 nitrogen and oxygen atoms in total. The molecule has 0 unspecified atom stereocenters. The Kier molecular flexibility index (Phi) is 4.02. The van der Waals surface area contributed by atoms with Gasteiger partial charge in [-0.25, -0.2) is 4.98 Å². The lowest BCUT2D eigenvalue weighted by molar-refractivity contribution is -0.146. The lowest BCUT2D eigenvalue weighted by Crippen LogP contribution is -2.35. The van der Waals surface area contributed by atoms with Crippen molar-refractivity contribution in [3.8, 4) is 0 Å². The molecule has 0 amide bonds. The van der Waals surface area contributed by atoms with Crippen molar-refractivity contribution in [2.75, 3.05) is 11.9 Å². The number of fused-ring (bicyclic) bond motifs is 1. The van der Waals surface area contributed by atoms with E-state index in [4.69, 9.17) is 4.74 Å². The fourth-order valence-electron chi connectivity index (χ4n) is 3.07. The predicted octanol–water partition coefficient (Wildman–Crippen LogP) is 2.21. The van der Waals surface area contributed by atoms with Gasteiger partial charge >= 0.3 is 6.18 Å². The Bertz CT molecular complexity index is 919. The van der Waals surface area contributed by atoms with Crippen molar-refractivity contribution < 1.29 is 17.9 Å². The molecule has 0 spiro atoms. The minimum atomic E-state index is -4.63. The summed E-state index contributed by atoms with van der Waals surface area (Å²) in [5, 5.41) is 13.9. The molecule has 1 aliphatic heterocycles. The third-order valence-electron chi connectivity index (χ3n) is 4.28. The quantitative estimate of drug-likeness (QED) is 0.764. The van der Waals surface area contributed by atoms with Crippen LogP contribution in [0.3, 0.4) is 0 Å². The molecule has 11 heteroatoms. The van der Waals surface area contributed by atoms with Gasteiger partial charge in [-0.05, 0) is 25.0 Å². The standard InChI is InChI=1S/C15H16F3N7O/c1-24-7-6-19-13(24)12-9(3-2-8-26-12)20-10-4-5-11-21-22-14(15(16,17)18)25(11)23-10/h4-7,9,12H,2-3,8H2,1H3,(H,20,23)/t9-,12-/m0/s1. The smallest absolute Gasteiger partial charge is 0.368 e. The summed E-state index contributed by atoms with van der Waals surface area (Å²) in [5.41, 5.74) is 0.0309. The van der Waals surface area contributed by atoms with Crippen LogP contribution in [0, 0.1) is 0 Å². The van der Waals surface area contributed by atoms with E-state index in [1.807, 2.05) is 17.8 Å². The van der Waals surface area contributed by atoms with Crippen LogP contribution in [0.4, 0.5) is 19.0 Å². The first-order chi connectivity index (χ1) is 12.4. The maximum atomic E-state index is 13.0. The average Bonchev–Trinajstić information content (AvgIpc) is 3.21. The van der Waals surface area contributed by atoms with Crippen LogP contribution in [-0.4, -0.2) is 42.0 Å². The second-order valence-electron chi connectivity index (χ2n) is 6.09. The van der Waals surface area contributed by atoms with Crippen LogP contribution < -0.4 is 5.32 Å². The third-order valence-corrected chi connectivity index (χ3v) is 4.28. The number of nitrogens with zero attached hydrogens (tertiary/aromatic N) is 6. The molecule has 0 aromatic carbocycles. The van der Waals surface area contributed by atoms with Crippen LogP contribution >= 0.6 is 0 Å². The normalized spacial score (nSPS) is 21.2. The van der Waals surface area contributed by atoms with Crippen molar-refractivity contribution in [2.45, 2.75) is 31.2 Å². The summed E-state index contributed by atoms with van der Waals surface area (Å²) in [6.45, 7) is 0.603. The lowest BCUT2D eigenvalue weighted by Gasteiger charge is -2.32. The number of hydrogen-bond acceptors (Lipinski definition) is 6. The summed E-state index contributed by atoms with van der Waals surface area (Å²) in [7, 11) is 1.87. The Morgan fingerprint density at radius 1 is 1.27 bits per heavy atom. The number of aromatic nitrogens is 6. The Labute approximate surface area is 146 Å².